The van der Waals surface area contributed by atoms with Crippen molar-refractivity contribution in [2.24, 2.45) is 0 Å². The Balaban J connectivity index is 1.66. The molecule has 0 unspecified atom stereocenters. The summed E-state index contributed by atoms with van der Waals surface area (Å²) in [5.41, 5.74) is 0.500. The molecule has 0 aromatic heterocycles. The van der Waals surface area contributed by atoms with Gasteiger partial charge in [0.15, 0.2) is 0 Å². The molecule has 110 valence electrons. The van der Waals surface area contributed by atoms with Gasteiger partial charge in [0.05, 0.1) is 0 Å². The van der Waals surface area contributed by atoms with Gasteiger partial charge in [-0.3, -0.25) is 4.79 Å². The summed E-state index contributed by atoms with van der Waals surface area (Å²) < 4.78 is 0. The molecule has 1 aliphatic carbocycles. The molecule has 1 aliphatic rings. The molecule has 2 rings (SSSR count). The highest BCUT2D eigenvalue weighted by molar-refractivity contribution is 5.94. The van der Waals surface area contributed by atoms with E-state index in [0.29, 0.717) is 18.2 Å². The van der Waals surface area contributed by atoms with Gasteiger partial charge in [0, 0.05) is 24.7 Å². The van der Waals surface area contributed by atoms with E-state index in [9.17, 15) is 9.90 Å². The first-order valence-electron chi connectivity index (χ1n) is 7.56. The van der Waals surface area contributed by atoms with Crippen LogP contribution in [0.5, 0.6) is 5.75 Å². The summed E-state index contributed by atoms with van der Waals surface area (Å²) in [6, 6.07) is 7.02. The second-order valence-corrected chi connectivity index (χ2v) is 5.45. The van der Waals surface area contributed by atoms with Gasteiger partial charge in [-0.2, -0.15) is 0 Å². The number of rotatable bonds is 5. The number of aromatic hydroxyl groups is 1. The molecule has 0 spiro atoms. The van der Waals surface area contributed by atoms with Crippen LogP contribution in [0.25, 0.3) is 0 Å². The maximum absolute atomic E-state index is 11.9. The number of hydrogen-bond donors (Lipinski definition) is 3. The van der Waals surface area contributed by atoms with E-state index >= 15 is 0 Å². The highest BCUT2D eigenvalue weighted by atomic mass is 16.3. The van der Waals surface area contributed by atoms with Crippen LogP contribution in [0.1, 0.15) is 48.9 Å². The Morgan fingerprint density at radius 3 is 2.60 bits per heavy atom. The molecule has 3 N–H and O–H groups in total. The summed E-state index contributed by atoms with van der Waals surface area (Å²) in [7, 11) is 0. The predicted molar refractivity (Wildman–Crippen MR) is 79.9 cm³/mol. The number of phenols is 1. The second kappa shape index (κ2) is 7.90. The molecule has 0 heterocycles. The molecule has 1 saturated carbocycles. The van der Waals surface area contributed by atoms with E-state index in [1.165, 1.54) is 44.6 Å². The number of amides is 1. The lowest BCUT2D eigenvalue weighted by atomic mass is 10.1. The average molecular weight is 276 g/mol. The van der Waals surface area contributed by atoms with Gasteiger partial charge in [-0.1, -0.05) is 31.7 Å². The molecule has 0 radical (unpaired) electrons. The summed E-state index contributed by atoms with van der Waals surface area (Å²) in [6.07, 6.45) is 7.83. The Bertz CT molecular complexity index is 426. The number of carbonyl (C=O) groups excluding carboxylic acids is 1. The summed E-state index contributed by atoms with van der Waals surface area (Å²) in [5, 5.41) is 15.7. The summed E-state index contributed by atoms with van der Waals surface area (Å²) in [4.78, 5) is 11.9. The van der Waals surface area contributed by atoms with Crippen molar-refractivity contribution in [3.63, 3.8) is 0 Å². The first-order chi connectivity index (χ1) is 9.75. The molecule has 1 amide bonds. The van der Waals surface area contributed by atoms with Crippen LogP contribution in [0, 0.1) is 0 Å². The normalized spacial score (nSPS) is 16.6. The smallest absolute Gasteiger partial charge is 0.251 e. The molecule has 4 heteroatoms. The molecular weight excluding hydrogens is 252 g/mol. The summed E-state index contributed by atoms with van der Waals surface area (Å²) in [6.45, 7) is 1.42. The molecule has 20 heavy (non-hydrogen) atoms. The van der Waals surface area contributed by atoms with Crippen LogP contribution in [-0.2, 0) is 0 Å². The van der Waals surface area contributed by atoms with Crippen LogP contribution in [0.3, 0.4) is 0 Å². The van der Waals surface area contributed by atoms with Crippen molar-refractivity contribution in [1.29, 1.82) is 0 Å². The molecule has 1 aromatic rings. The van der Waals surface area contributed by atoms with E-state index in [2.05, 4.69) is 10.6 Å². The van der Waals surface area contributed by atoms with Crippen molar-refractivity contribution in [2.45, 2.75) is 44.6 Å². The Morgan fingerprint density at radius 1 is 1.15 bits per heavy atom. The van der Waals surface area contributed by atoms with Crippen molar-refractivity contribution >= 4 is 5.91 Å². The number of phenolic OH excluding ortho intramolecular Hbond substituents is 1. The molecule has 0 saturated heterocycles. The largest absolute Gasteiger partial charge is 0.508 e. The first-order valence-corrected chi connectivity index (χ1v) is 7.56. The fraction of sp³-hybridized carbons (Fsp3) is 0.562. The zero-order valence-electron chi connectivity index (χ0n) is 11.9. The Kier molecular flexibility index (Phi) is 5.87. The lowest BCUT2D eigenvalue weighted by molar-refractivity contribution is 0.0953. The molecule has 0 atom stereocenters. The number of nitrogens with one attached hydrogen (secondary N) is 2. The van der Waals surface area contributed by atoms with Gasteiger partial charge in [0.25, 0.3) is 5.91 Å². The fourth-order valence-electron chi connectivity index (χ4n) is 2.69. The van der Waals surface area contributed by atoms with E-state index in [1.807, 2.05) is 0 Å². The lowest BCUT2D eigenvalue weighted by Gasteiger charge is -2.16. The van der Waals surface area contributed by atoms with Crippen LogP contribution in [0.15, 0.2) is 24.3 Å². The lowest BCUT2D eigenvalue weighted by Crippen LogP contribution is -2.36. The highest BCUT2D eigenvalue weighted by Crippen LogP contribution is 2.16. The van der Waals surface area contributed by atoms with Gasteiger partial charge >= 0.3 is 0 Å². The third-order valence-electron chi connectivity index (χ3n) is 3.81. The van der Waals surface area contributed by atoms with Crippen LogP contribution >= 0.6 is 0 Å². The first kappa shape index (κ1) is 14.9. The van der Waals surface area contributed by atoms with E-state index < -0.39 is 0 Å². The quantitative estimate of drug-likeness (QED) is 0.572. The Morgan fingerprint density at radius 2 is 1.90 bits per heavy atom. The summed E-state index contributed by atoms with van der Waals surface area (Å²) >= 11 is 0. The monoisotopic (exact) mass is 276 g/mol. The topological polar surface area (TPSA) is 61.4 Å². The van der Waals surface area contributed by atoms with Crippen LogP contribution < -0.4 is 10.6 Å². The van der Waals surface area contributed by atoms with Gasteiger partial charge < -0.3 is 15.7 Å². The van der Waals surface area contributed by atoms with Crippen LogP contribution in [0.2, 0.25) is 0 Å². The molecular formula is C16H24N2O2. The Labute approximate surface area is 120 Å². The predicted octanol–water partition coefficient (Wildman–Crippen LogP) is 2.43. The van der Waals surface area contributed by atoms with Crippen molar-refractivity contribution in [3.05, 3.63) is 29.8 Å². The van der Waals surface area contributed by atoms with Gasteiger partial charge in [0.2, 0.25) is 0 Å². The SMILES string of the molecule is O=C(NCCNC1CCCCCC1)c1cccc(O)c1. The number of carbonyl (C=O) groups is 1. The minimum absolute atomic E-state index is 0.120. The van der Waals surface area contributed by atoms with Crippen molar-refractivity contribution in [2.75, 3.05) is 13.1 Å². The van der Waals surface area contributed by atoms with Gasteiger partial charge in [-0.25, -0.2) is 0 Å². The molecule has 4 nitrogen and oxygen atoms in total. The number of hydrogen-bond acceptors (Lipinski definition) is 3. The molecule has 0 bridgehead atoms. The summed E-state index contributed by atoms with van der Waals surface area (Å²) in [5.74, 6) is -0.0159. The molecule has 1 fully saturated rings. The van der Waals surface area contributed by atoms with E-state index in [1.54, 1.807) is 18.2 Å². The van der Waals surface area contributed by atoms with Crippen LogP contribution in [0.4, 0.5) is 0 Å². The minimum atomic E-state index is -0.136. The van der Waals surface area contributed by atoms with Crippen molar-refractivity contribution in [3.8, 4) is 5.75 Å². The van der Waals surface area contributed by atoms with Crippen LogP contribution in [-0.4, -0.2) is 30.1 Å². The van der Waals surface area contributed by atoms with Gasteiger partial charge in [0.1, 0.15) is 5.75 Å². The standard InChI is InChI=1S/C16H24N2O2/c19-15-9-5-6-13(12-15)16(20)18-11-10-17-14-7-3-1-2-4-8-14/h5-6,9,12,14,17,19H,1-4,7-8,10-11H2,(H,18,20). The second-order valence-electron chi connectivity index (χ2n) is 5.45. The molecule has 0 aliphatic heterocycles. The third-order valence-corrected chi connectivity index (χ3v) is 3.81. The van der Waals surface area contributed by atoms with Crippen molar-refractivity contribution in [1.82, 2.24) is 10.6 Å². The maximum atomic E-state index is 11.9. The van der Waals surface area contributed by atoms with Gasteiger partial charge in [-0.15, -0.1) is 0 Å². The maximum Gasteiger partial charge on any atom is 0.251 e. The third kappa shape index (κ3) is 4.85. The highest BCUT2D eigenvalue weighted by Gasteiger charge is 2.11. The zero-order chi connectivity index (χ0) is 14.2. The van der Waals surface area contributed by atoms with E-state index in [4.69, 9.17) is 0 Å². The van der Waals surface area contributed by atoms with Gasteiger partial charge in [-0.05, 0) is 31.0 Å². The van der Waals surface area contributed by atoms with E-state index in [-0.39, 0.29) is 11.7 Å². The average Bonchev–Trinajstić information content (AvgIpc) is 2.72. The molecule has 1 aromatic carbocycles. The zero-order valence-corrected chi connectivity index (χ0v) is 11.9. The van der Waals surface area contributed by atoms with E-state index in [0.717, 1.165) is 6.54 Å². The Hall–Kier alpha value is -1.55. The number of benzene rings is 1. The fourth-order valence-corrected chi connectivity index (χ4v) is 2.69. The minimum Gasteiger partial charge on any atom is -0.508 e. The van der Waals surface area contributed by atoms with Crippen molar-refractivity contribution < 1.29 is 9.90 Å².